The van der Waals surface area contributed by atoms with Gasteiger partial charge in [0, 0.05) is 25.1 Å². The fraction of sp³-hybridized carbons (Fsp3) is 0.308. The van der Waals surface area contributed by atoms with Gasteiger partial charge in [0.25, 0.3) is 11.5 Å². The molecule has 0 radical (unpaired) electrons. The smallest absolute Gasteiger partial charge is 0.274 e. The summed E-state index contributed by atoms with van der Waals surface area (Å²) in [4.78, 5) is 24.8. The molecule has 1 aliphatic rings. The molecule has 6 heteroatoms. The number of carbonyl (C=O) groups is 1. The summed E-state index contributed by atoms with van der Waals surface area (Å²) in [5, 5.41) is 6.03. The summed E-state index contributed by atoms with van der Waals surface area (Å²) in [5.74, 6) is 0.983. The molecule has 1 unspecified atom stereocenters. The SMILES string of the molecule is O=C(c1ccc(=O)[nH]n1)N1CCC(c2ccco2)C1. The molecule has 19 heavy (non-hydrogen) atoms. The molecule has 0 aromatic carbocycles. The molecule has 1 fully saturated rings. The minimum Gasteiger partial charge on any atom is -0.469 e. The molecular weight excluding hydrogens is 246 g/mol. The molecule has 1 amide bonds. The van der Waals surface area contributed by atoms with Crippen LogP contribution in [0.2, 0.25) is 0 Å². The van der Waals surface area contributed by atoms with E-state index in [0.717, 1.165) is 12.2 Å². The van der Waals surface area contributed by atoms with Crippen LogP contribution >= 0.6 is 0 Å². The number of hydrogen-bond acceptors (Lipinski definition) is 4. The van der Waals surface area contributed by atoms with Gasteiger partial charge in [0.15, 0.2) is 0 Å². The van der Waals surface area contributed by atoms with E-state index in [0.29, 0.717) is 13.1 Å². The van der Waals surface area contributed by atoms with Crippen molar-refractivity contribution in [2.45, 2.75) is 12.3 Å². The molecule has 0 aliphatic carbocycles. The lowest BCUT2D eigenvalue weighted by Crippen LogP contribution is -2.30. The molecular formula is C13H13N3O3. The lowest BCUT2D eigenvalue weighted by molar-refractivity contribution is 0.0783. The Labute approximate surface area is 109 Å². The van der Waals surface area contributed by atoms with Crippen LogP contribution in [0.5, 0.6) is 0 Å². The van der Waals surface area contributed by atoms with Crippen LogP contribution in [0.4, 0.5) is 0 Å². The Kier molecular flexibility index (Phi) is 2.91. The first-order valence-corrected chi connectivity index (χ1v) is 6.12. The maximum absolute atomic E-state index is 12.2. The number of rotatable bonds is 2. The van der Waals surface area contributed by atoms with Gasteiger partial charge in [0.2, 0.25) is 0 Å². The third kappa shape index (κ3) is 2.29. The van der Waals surface area contributed by atoms with Crippen molar-refractivity contribution in [3.8, 4) is 0 Å². The Hall–Kier alpha value is -2.37. The van der Waals surface area contributed by atoms with Crippen LogP contribution in [0.1, 0.15) is 28.6 Å². The summed E-state index contributed by atoms with van der Waals surface area (Å²) in [5.41, 5.74) is -0.0499. The summed E-state index contributed by atoms with van der Waals surface area (Å²) < 4.78 is 5.37. The summed E-state index contributed by atoms with van der Waals surface area (Å²) >= 11 is 0. The lowest BCUT2D eigenvalue weighted by Gasteiger charge is -2.15. The molecule has 1 saturated heterocycles. The Morgan fingerprint density at radius 2 is 2.32 bits per heavy atom. The van der Waals surface area contributed by atoms with E-state index in [1.54, 1.807) is 11.2 Å². The van der Waals surface area contributed by atoms with Crippen molar-refractivity contribution in [1.82, 2.24) is 15.1 Å². The number of nitrogens with one attached hydrogen (secondary N) is 1. The molecule has 98 valence electrons. The molecule has 3 rings (SSSR count). The highest BCUT2D eigenvalue weighted by atomic mass is 16.3. The fourth-order valence-corrected chi connectivity index (χ4v) is 2.33. The number of hydrogen-bond donors (Lipinski definition) is 1. The summed E-state index contributed by atoms with van der Waals surface area (Å²) in [6.07, 6.45) is 2.52. The first-order valence-electron chi connectivity index (χ1n) is 6.12. The van der Waals surface area contributed by atoms with Crippen LogP contribution in [0.3, 0.4) is 0 Å². The highest BCUT2D eigenvalue weighted by Gasteiger charge is 2.29. The quantitative estimate of drug-likeness (QED) is 0.872. The monoisotopic (exact) mass is 259 g/mol. The van der Waals surface area contributed by atoms with Crippen molar-refractivity contribution < 1.29 is 9.21 Å². The van der Waals surface area contributed by atoms with E-state index in [9.17, 15) is 9.59 Å². The lowest BCUT2D eigenvalue weighted by atomic mass is 10.1. The van der Waals surface area contributed by atoms with Gasteiger partial charge in [-0.25, -0.2) is 5.10 Å². The number of aromatic amines is 1. The second-order valence-corrected chi connectivity index (χ2v) is 4.56. The third-order valence-electron chi connectivity index (χ3n) is 3.32. The normalized spacial score (nSPS) is 18.7. The molecule has 6 nitrogen and oxygen atoms in total. The average molecular weight is 259 g/mol. The van der Waals surface area contributed by atoms with Crippen LogP contribution in [0, 0.1) is 0 Å². The van der Waals surface area contributed by atoms with E-state index in [-0.39, 0.29) is 23.1 Å². The van der Waals surface area contributed by atoms with Gasteiger partial charge in [0.05, 0.1) is 6.26 Å². The van der Waals surface area contributed by atoms with E-state index >= 15 is 0 Å². The van der Waals surface area contributed by atoms with Crippen molar-refractivity contribution in [2.24, 2.45) is 0 Å². The number of carbonyl (C=O) groups excluding carboxylic acids is 1. The number of furan rings is 1. The van der Waals surface area contributed by atoms with Crippen molar-refractivity contribution in [2.75, 3.05) is 13.1 Å². The first kappa shape index (κ1) is 11.7. The standard InChI is InChI=1S/C13H13N3O3/c17-12-4-3-10(14-15-12)13(18)16-6-5-9(8-16)11-2-1-7-19-11/h1-4,7,9H,5-6,8H2,(H,15,17). The second kappa shape index (κ2) is 4.72. The largest absolute Gasteiger partial charge is 0.469 e. The predicted octanol–water partition coefficient (Wildman–Crippen LogP) is 0.993. The second-order valence-electron chi connectivity index (χ2n) is 4.56. The Balaban J connectivity index is 1.72. The average Bonchev–Trinajstić information content (AvgIpc) is 3.10. The summed E-state index contributed by atoms with van der Waals surface area (Å²) in [7, 11) is 0. The van der Waals surface area contributed by atoms with Gasteiger partial charge < -0.3 is 9.32 Å². The number of aromatic nitrogens is 2. The van der Waals surface area contributed by atoms with Crippen molar-refractivity contribution >= 4 is 5.91 Å². The maximum Gasteiger partial charge on any atom is 0.274 e. The number of likely N-dealkylation sites (tertiary alicyclic amines) is 1. The molecule has 0 bridgehead atoms. The zero-order valence-corrected chi connectivity index (χ0v) is 10.2. The molecule has 0 saturated carbocycles. The van der Waals surface area contributed by atoms with Crippen LogP contribution < -0.4 is 5.56 Å². The zero-order valence-electron chi connectivity index (χ0n) is 10.2. The van der Waals surface area contributed by atoms with Gasteiger partial charge >= 0.3 is 0 Å². The minimum absolute atomic E-state index is 0.162. The van der Waals surface area contributed by atoms with E-state index in [1.807, 2.05) is 12.1 Å². The van der Waals surface area contributed by atoms with Crippen molar-refractivity contribution in [1.29, 1.82) is 0 Å². The van der Waals surface area contributed by atoms with Crippen LogP contribution in [0.15, 0.2) is 39.7 Å². The van der Waals surface area contributed by atoms with Crippen LogP contribution in [-0.4, -0.2) is 34.1 Å². The molecule has 1 N–H and O–H groups in total. The molecule has 3 heterocycles. The van der Waals surface area contributed by atoms with E-state index in [4.69, 9.17) is 4.42 Å². The fourth-order valence-electron chi connectivity index (χ4n) is 2.33. The highest BCUT2D eigenvalue weighted by Crippen LogP contribution is 2.27. The van der Waals surface area contributed by atoms with Gasteiger partial charge in [0.1, 0.15) is 11.5 Å². The number of nitrogens with zero attached hydrogens (tertiary/aromatic N) is 2. The molecule has 0 spiro atoms. The first-order chi connectivity index (χ1) is 9.24. The predicted molar refractivity (Wildman–Crippen MR) is 66.8 cm³/mol. The molecule has 1 atom stereocenters. The van der Waals surface area contributed by atoms with Crippen LogP contribution in [0.25, 0.3) is 0 Å². The number of amides is 1. The zero-order chi connectivity index (χ0) is 13.2. The van der Waals surface area contributed by atoms with Gasteiger partial charge in [-0.2, -0.15) is 5.10 Å². The van der Waals surface area contributed by atoms with Gasteiger partial charge in [-0.1, -0.05) is 0 Å². The third-order valence-corrected chi connectivity index (χ3v) is 3.32. The Morgan fingerprint density at radius 1 is 1.42 bits per heavy atom. The summed E-state index contributed by atoms with van der Waals surface area (Å²) in [6.45, 7) is 1.29. The van der Waals surface area contributed by atoms with Crippen LogP contribution in [-0.2, 0) is 0 Å². The molecule has 2 aromatic heterocycles. The highest BCUT2D eigenvalue weighted by molar-refractivity contribution is 5.92. The van der Waals surface area contributed by atoms with Crippen molar-refractivity contribution in [3.63, 3.8) is 0 Å². The van der Waals surface area contributed by atoms with Crippen molar-refractivity contribution in [3.05, 3.63) is 52.3 Å². The summed E-state index contributed by atoms with van der Waals surface area (Å²) in [6, 6.07) is 6.53. The van der Waals surface area contributed by atoms with E-state index in [1.165, 1.54) is 12.1 Å². The minimum atomic E-state index is -0.313. The van der Waals surface area contributed by atoms with E-state index < -0.39 is 0 Å². The van der Waals surface area contributed by atoms with Gasteiger partial charge in [-0.15, -0.1) is 0 Å². The molecule has 1 aliphatic heterocycles. The topological polar surface area (TPSA) is 79.2 Å². The van der Waals surface area contributed by atoms with Gasteiger partial charge in [-0.05, 0) is 24.6 Å². The number of H-pyrrole nitrogens is 1. The Bertz CT molecular complexity index is 612. The molecule has 2 aromatic rings. The van der Waals surface area contributed by atoms with Gasteiger partial charge in [-0.3, -0.25) is 9.59 Å². The Morgan fingerprint density at radius 3 is 3.00 bits per heavy atom. The maximum atomic E-state index is 12.2. The van der Waals surface area contributed by atoms with E-state index in [2.05, 4.69) is 10.2 Å².